The molecule has 124 valence electrons. The predicted octanol–water partition coefficient (Wildman–Crippen LogP) is 0.682. The average molecular weight is 321 g/mol. The Labute approximate surface area is 134 Å². The summed E-state index contributed by atoms with van der Waals surface area (Å²) in [6, 6.07) is 3.46. The lowest BCUT2D eigenvalue weighted by molar-refractivity contribution is -0.126. The number of nitrogens with zero attached hydrogens (tertiary/aromatic N) is 2. The van der Waals surface area contributed by atoms with Crippen LogP contribution in [0, 0.1) is 5.82 Å². The van der Waals surface area contributed by atoms with E-state index >= 15 is 0 Å². The topological polar surface area (TPSA) is 61.9 Å². The summed E-state index contributed by atoms with van der Waals surface area (Å²) in [5, 5.41) is 2.61. The van der Waals surface area contributed by atoms with Crippen molar-refractivity contribution in [2.45, 2.75) is 13.0 Å². The molecule has 6 nitrogen and oxygen atoms in total. The van der Waals surface area contributed by atoms with Gasteiger partial charge in [0, 0.05) is 44.4 Å². The van der Waals surface area contributed by atoms with Crippen LogP contribution in [0.1, 0.15) is 18.5 Å². The molecule has 0 aromatic heterocycles. The number of amides is 2. The van der Waals surface area contributed by atoms with E-state index in [9.17, 15) is 14.0 Å². The number of rotatable bonds is 4. The number of nitrogens with one attached hydrogen (secondary N) is 1. The van der Waals surface area contributed by atoms with Crippen molar-refractivity contribution in [1.82, 2.24) is 10.2 Å². The lowest BCUT2D eigenvalue weighted by atomic mass is 10.1. The molecule has 23 heavy (non-hydrogen) atoms. The number of hydrogen-bond acceptors (Lipinski definition) is 4. The molecule has 0 saturated carbocycles. The first-order valence-corrected chi connectivity index (χ1v) is 7.74. The summed E-state index contributed by atoms with van der Waals surface area (Å²) in [5.41, 5.74) is 1.19. The second-order valence-corrected chi connectivity index (χ2v) is 5.78. The van der Waals surface area contributed by atoms with Gasteiger partial charge in [0.05, 0.1) is 13.2 Å². The zero-order chi connectivity index (χ0) is 16.4. The molecule has 1 aromatic rings. The van der Waals surface area contributed by atoms with Crippen molar-refractivity contribution < 1.29 is 18.7 Å². The van der Waals surface area contributed by atoms with Gasteiger partial charge in [0.15, 0.2) is 0 Å². The van der Waals surface area contributed by atoms with Gasteiger partial charge < -0.3 is 15.0 Å². The largest absolute Gasteiger partial charge is 0.379 e. The van der Waals surface area contributed by atoms with E-state index in [4.69, 9.17) is 4.74 Å². The van der Waals surface area contributed by atoms with Crippen molar-refractivity contribution in [2.75, 3.05) is 44.3 Å². The number of halogens is 1. The fourth-order valence-electron chi connectivity index (χ4n) is 3.05. The molecule has 1 N–H and O–H groups in total. The van der Waals surface area contributed by atoms with Gasteiger partial charge in [-0.1, -0.05) is 0 Å². The molecule has 0 spiro atoms. The SMILES string of the molecule is CC(=O)N[C@@H]1C(=O)N(CCN2CCOCC2)c2ccc(F)cc21. The van der Waals surface area contributed by atoms with Gasteiger partial charge in [-0.3, -0.25) is 14.5 Å². The Kier molecular flexibility index (Phi) is 4.58. The minimum absolute atomic E-state index is 0.214. The molecule has 0 radical (unpaired) electrons. The van der Waals surface area contributed by atoms with Crippen LogP contribution in [0.5, 0.6) is 0 Å². The Balaban J connectivity index is 1.77. The summed E-state index contributed by atoms with van der Waals surface area (Å²) in [7, 11) is 0. The summed E-state index contributed by atoms with van der Waals surface area (Å²) in [6.45, 7) is 5.66. The third-order valence-corrected chi connectivity index (χ3v) is 4.20. The number of carbonyl (C=O) groups excluding carboxylic acids is 2. The number of anilines is 1. The quantitative estimate of drug-likeness (QED) is 0.886. The van der Waals surface area contributed by atoms with Gasteiger partial charge >= 0.3 is 0 Å². The van der Waals surface area contributed by atoms with Crippen molar-refractivity contribution in [2.24, 2.45) is 0 Å². The van der Waals surface area contributed by atoms with Gasteiger partial charge in [-0.05, 0) is 18.2 Å². The lowest BCUT2D eigenvalue weighted by Crippen LogP contribution is -2.43. The van der Waals surface area contributed by atoms with Crippen LogP contribution in [0.3, 0.4) is 0 Å². The highest BCUT2D eigenvalue weighted by Crippen LogP contribution is 2.36. The van der Waals surface area contributed by atoms with E-state index in [0.717, 1.165) is 19.6 Å². The number of benzene rings is 1. The molecular formula is C16H20FN3O3. The summed E-state index contributed by atoms with van der Waals surface area (Å²) in [5.74, 6) is -0.940. The molecule has 1 atom stereocenters. The molecule has 2 amide bonds. The van der Waals surface area contributed by atoms with E-state index in [1.54, 1.807) is 11.0 Å². The molecule has 1 aromatic carbocycles. The van der Waals surface area contributed by atoms with Gasteiger partial charge in [-0.2, -0.15) is 0 Å². The summed E-state index contributed by atoms with van der Waals surface area (Å²) in [6.07, 6.45) is 0. The maximum Gasteiger partial charge on any atom is 0.254 e. The Morgan fingerprint density at radius 2 is 2.09 bits per heavy atom. The molecule has 2 heterocycles. The van der Waals surface area contributed by atoms with E-state index in [-0.39, 0.29) is 11.8 Å². The number of carbonyl (C=O) groups is 2. The minimum Gasteiger partial charge on any atom is -0.379 e. The van der Waals surface area contributed by atoms with E-state index < -0.39 is 11.9 Å². The highest BCUT2D eigenvalue weighted by molar-refractivity contribution is 6.06. The molecule has 0 aliphatic carbocycles. The van der Waals surface area contributed by atoms with Crippen LogP contribution in [-0.2, 0) is 14.3 Å². The van der Waals surface area contributed by atoms with Crippen molar-refractivity contribution in [3.05, 3.63) is 29.6 Å². The van der Waals surface area contributed by atoms with Crippen LogP contribution < -0.4 is 10.2 Å². The highest BCUT2D eigenvalue weighted by atomic mass is 19.1. The Hall–Kier alpha value is -1.99. The second-order valence-electron chi connectivity index (χ2n) is 5.78. The molecular weight excluding hydrogens is 301 g/mol. The number of hydrogen-bond donors (Lipinski definition) is 1. The predicted molar refractivity (Wildman–Crippen MR) is 82.6 cm³/mol. The Bertz CT molecular complexity index is 617. The van der Waals surface area contributed by atoms with Gasteiger partial charge in [-0.15, -0.1) is 0 Å². The smallest absolute Gasteiger partial charge is 0.254 e. The minimum atomic E-state index is -0.803. The molecule has 1 fully saturated rings. The monoisotopic (exact) mass is 321 g/mol. The van der Waals surface area contributed by atoms with Crippen LogP contribution in [0.4, 0.5) is 10.1 Å². The number of morpholine rings is 1. The fourth-order valence-corrected chi connectivity index (χ4v) is 3.05. The Morgan fingerprint density at radius 1 is 1.35 bits per heavy atom. The lowest BCUT2D eigenvalue weighted by Gasteiger charge is -2.28. The van der Waals surface area contributed by atoms with E-state index in [2.05, 4.69) is 10.2 Å². The zero-order valence-electron chi connectivity index (χ0n) is 13.0. The maximum absolute atomic E-state index is 13.5. The van der Waals surface area contributed by atoms with E-state index in [1.807, 2.05) is 0 Å². The zero-order valence-corrected chi connectivity index (χ0v) is 13.0. The molecule has 3 rings (SSSR count). The molecule has 1 saturated heterocycles. The first-order valence-electron chi connectivity index (χ1n) is 7.74. The van der Waals surface area contributed by atoms with Crippen LogP contribution in [0.25, 0.3) is 0 Å². The normalized spacial score (nSPS) is 21.4. The van der Waals surface area contributed by atoms with Crippen LogP contribution in [-0.4, -0.2) is 56.1 Å². The number of ether oxygens (including phenoxy) is 1. The molecule has 2 aliphatic rings. The van der Waals surface area contributed by atoms with E-state index in [1.165, 1.54) is 19.1 Å². The van der Waals surface area contributed by atoms with Crippen LogP contribution in [0.15, 0.2) is 18.2 Å². The molecule has 0 unspecified atom stereocenters. The van der Waals surface area contributed by atoms with Gasteiger partial charge in [0.25, 0.3) is 5.91 Å². The number of fused-ring (bicyclic) bond motifs is 1. The van der Waals surface area contributed by atoms with Crippen LogP contribution >= 0.6 is 0 Å². The third-order valence-electron chi connectivity index (χ3n) is 4.20. The molecule has 2 aliphatic heterocycles. The van der Waals surface area contributed by atoms with E-state index in [0.29, 0.717) is 31.0 Å². The first kappa shape index (κ1) is 15.9. The first-order chi connectivity index (χ1) is 11.1. The van der Waals surface area contributed by atoms with Crippen molar-refractivity contribution in [3.8, 4) is 0 Å². The fraction of sp³-hybridized carbons (Fsp3) is 0.500. The average Bonchev–Trinajstić information content (AvgIpc) is 2.78. The van der Waals surface area contributed by atoms with Crippen molar-refractivity contribution in [1.29, 1.82) is 0 Å². The van der Waals surface area contributed by atoms with Crippen molar-refractivity contribution in [3.63, 3.8) is 0 Å². The van der Waals surface area contributed by atoms with Crippen molar-refractivity contribution >= 4 is 17.5 Å². The standard InChI is InChI=1S/C16H20FN3O3/c1-11(21)18-15-13-10-12(17)2-3-14(13)20(16(15)22)5-4-19-6-8-23-9-7-19/h2-3,10,15H,4-9H2,1H3,(H,18,21)/t15-/m0/s1. The second kappa shape index (κ2) is 6.64. The van der Waals surface area contributed by atoms with Crippen LogP contribution in [0.2, 0.25) is 0 Å². The summed E-state index contributed by atoms with van der Waals surface area (Å²) in [4.78, 5) is 27.8. The summed E-state index contributed by atoms with van der Waals surface area (Å²) >= 11 is 0. The van der Waals surface area contributed by atoms with Gasteiger partial charge in [0.2, 0.25) is 5.91 Å². The molecule has 7 heteroatoms. The Morgan fingerprint density at radius 3 is 2.78 bits per heavy atom. The van der Waals surface area contributed by atoms with Gasteiger partial charge in [0.1, 0.15) is 11.9 Å². The maximum atomic E-state index is 13.5. The summed E-state index contributed by atoms with van der Waals surface area (Å²) < 4.78 is 18.9. The molecule has 0 bridgehead atoms. The highest BCUT2D eigenvalue weighted by Gasteiger charge is 2.38. The third kappa shape index (κ3) is 3.35. The van der Waals surface area contributed by atoms with Gasteiger partial charge in [-0.25, -0.2) is 4.39 Å².